The van der Waals surface area contributed by atoms with Crippen molar-refractivity contribution in [2.75, 3.05) is 13.1 Å². The van der Waals surface area contributed by atoms with Crippen molar-refractivity contribution in [3.63, 3.8) is 0 Å². The minimum Gasteiger partial charge on any atom is -0.308 e. The van der Waals surface area contributed by atoms with E-state index in [9.17, 15) is 0 Å². The van der Waals surface area contributed by atoms with Gasteiger partial charge in [-0.3, -0.25) is 4.90 Å². The summed E-state index contributed by atoms with van der Waals surface area (Å²) in [5.74, 6) is 0. The highest BCUT2D eigenvalue weighted by Gasteiger charge is 2.41. The Labute approximate surface area is 101 Å². The summed E-state index contributed by atoms with van der Waals surface area (Å²) in [5, 5.41) is 3.87. The minimum absolute atomic E-state index is 0.481. The molecular formula is C14H28N2. The van der Waals surface area contributed by atoms with Crippen LogP contribution < -0.4 is 5.32 Å². The predicted octanol–water partition coefficient (Wildman–Crippen LogP) is 2.78. The largest absolute Gasteiger partial charge is 0.308 e. The molecule has 0 bridgehead atoms. The average Bonchev–Trinajstić information content (AvgIpc) is 2.70. The molecule has 2 nitrogen and oxygen atoms in total. The van der Waals surface area contributed by atoms with E-state index in [-0.39, 0.29) is 0 Å². The highest BCUT2D eigenvalue weighted by molar-refractivity contribution is 5.01. The Hall–Kier alpha value is -0.0800. The van der Waals surface area contributed by atoms with Gasteiger partial charge in [-0.1, -0.05) is 26.2 Å². The molecule has 1 saturated heterocycles. The molecule has 0 aromatic heterocycles. The van der Waals surface area contributed by atoms with Crippen molar-refractivity contribution in [2.45, 2.75) is 76.9 Å². The lowest BCUT2D eigenvalue weighted by atomic mass is 9.90. The van der Waals surface area contributed by atoms with Gasteiger partial charge in [0.15, 0.2) is 0 Å². The van der Waals surface area contributed by atoms with Crippen LogP contribution in [0, 0.1) is 0 Å². The molecule has 1 aliphatic heterocycles. The Kier molecular flexibility index (Phi) is 3.91. The van der Waals surface area contributed by atoms with Gasteiger partial charge in [-0.25, -0.2) is 0 Å². The van der Waals surface area contributed by atoms with E-state index < -0.39 is 0 Å². The van der Waals surface area contributed by atoms with Gasteiger partial charge in [0.05, 0.1) is 0 Å². The molecule has 1 N–H and O–H groups in total. The predicted molar refractivity (Wildman–Crippen MR) is 69.7 cm³/mol. The highest BCUT2D eigenvalue weighted by Crippen LogP contribution is 2.34. The second-order valence-corrected chi connectivity index (χ2v) is 6.08. The summed E-state index contributed by atoms with van der Waals surface area (Å²) >= 11 is 0. The molecule has 0 aromatic rings. The Morgan fingerprint density at radius 1 is 1.31 bits per heavy atom. The van der Waals surface area contributed by atoms with Crippen LogP contribution in [0.15, 0.2) is 0 Å². The first-order valence-corrected chi connectivity index (χ1v) is 7.18. The lowest BCUT2D eigenvalue weighted by Crippen LogP contribution is -2.64. The van der Waals surface area contributed by atoms with Gasteiger partial charge in [0.2, 0.25) is 0 Å². The fraction of sp³-hybridized carbons (Fsp3) is 1.00. The monoisotopic (exact) mass is 224 g/mol. The lowest BCUT2D eigenvalue weighted by molar-refractivity contribution is 0.0502. The van der Waals surface area contributed by atoms with Gasteiger partial charge in [-0.05, 0) is 33.1 Å². The van der Waals surface area contributed by atoms with Crippen molar-refractivity contribution < 1.29 is 0 Å². The van der Waals surface area contributed by atoms with E-state index in [0.29, 0.717) is 11.6 Å². The molecule has 0 amide bonds. The van der Waals surface area contributed by atoms with Gasteiger partial charge < -0.3 is 5.32 Å². The fourth-order valence-electron chi connectivity index (χ4n) is 3.58. The molecule has 1 atom stereocenters. The molecule has 0 aromatic carbocycles. The van der Waals surface area contributed by atoms with E-state index in [1.807, 2.05) is 0 Å². The Morgan fingerprint density at radius 2 is 2.00 bits per heavy atom. The zero-order valence-corrected chi connectivity index (χ0v) is 11.3. The van der Waals surface area contributed by atoms with Crippen molar-refractivity contribution in [3.8, 4) is 0 Å². The maximum Gasteiger partial charge on any atom is 0.0309 e. The number of piperazine rings is 1. The molecule has 1 aliphatic carbocycles. The van der Waals surface area contributed by atoms with Gasteiger partial charge in [0, 0.05) is 30.7 Å². The Bertz CT molecular complexity index is 219. The number of hydrogen-bond acceptors (Lipinski definition) is 2. The molecule has 2 rings (SSSR count). The second-order valence-electron chi connectivity index (χ2n) is 6.08. The molecule has 1 heterocycles. The summed E-state index contributed by atoms with van der Waals surface area (Å²) in [7, 11) is 0. The van der Waals surface area contributed by atoms with Crippen LogP contribution in [0.3, 0.4) is 0 Å². The third-order valence-corrected chi connectivity index (χ3v) is 4.51. The smallest absolute Gasteiger partial charge is 0.0309 e. The topological polar surface area (TPSA) is 15.3 Å². The minimum atomic E-state index is 0.481. The highest BCUT2D eigenvalue weighted by atomic mass is 15.3. The third kappa shape index (κ3) is 2.43. The second kappa shape index (κ2) is 5.05. The molecule has 2 aliphatic rings. The molecule has 16 heavy (non-hydrogen) atoms. The quantitative estimate of drug-likeness (QED) is 0.793. The van der Waals surface area contributed by atoms with Crippen LogP contribution in [0.4, 0.5) is 0 Å². The SMILES string of the molecule is CCCC1CNC2(CCCC2)CN1C(C)C. The maximum atomic E-state index is 3.87. The molecule has 1 spiro atoms. The van der Waals surface area contributed by atoms with E-state index in [4.69, 9.17) is 0 Å². The summed E-state index contributed by atoms with van der Waals surface area (Å²) in [6.45, 7) is 9.52. The zero-order chi connectivity index (χ0) is 11.6. The van der Waals surface area contributed by atoms with E-state index in [1.54, 1.807) is 0 Å². The van der Waals surface area contributed by atoms with Gasteiger partial charge >= 0.3 is 0 Å². The molecule has 2 heteroatoms. The first-order valence-electron chi connectivity index (χ1n) is 7.18. The maximum absolute atomic E-state index is 3.87. The number of nitrogens with zero attached hydrogens (tertiary/aromatic N) is 1. The van der Waals surface area contributed by atoms with Crippen LogP contribution >= 0.6 is 0 Å². The van der Waals surface area contributed by atoms with Gasteiger partial charge in [-0.2, -0.15) is 0 Å². The van der Waals surface area contributed by atoms with Gasteiger partial charge in [-0.15, -0.1) is 0 Å². The van der Waals surface area contributed by atoms with Crippen LogP contribution in [-0.2, 0) is 0 Å². The van der Waals surface area contributed by atoms with Crippen molar-refractivity contribution in [3.05, 3.63) is 0 Å². The molecule has 0 radical (unpaired) electrons. The Morgan fingerprint density at radius 3 is 2.56 bits per heavy atom. The first kappa shape index (κ1) is 12.4. The van der Waals surface area contributed by atoms with E-state index in [0.717, 1.165) is 6.04 Å². The number of hydrogen-bond donors (Lipinski definition) is 1. The summed E-state index contributed by atoms with van der Waals surface area (Å²) in [5.41, 5.74) is 0.481. The third-order valence-electron chi connectivity index (χ3n) is 4.51. The first-order chi connectivity index (χ1) is 7.67. The standard InChI is InChI=1S/C14H28N2/c1-4-7-13-10-15-14(8-5-6-9-14)11-16(13)12(2)3/h12-13,15H,4-11H2,1-3H3. The fourth-order valence-corrected chi connectivity index (χ4v) is 3.58. The van der Waals surface area contributed by atoms with E-state index in [1.165, 1.54) is 51.6 Å². The van der Waals surface area contributed by atoms with E-state index in [2.05, 4.69) is 31.0 Å². The zero-order valence-electron chi connectivity index (χ0n) is 11.3. The summed E-state index contributed by atoms with van der Waals surface area (Å²) in [6.07, 6.45) is 8.31. The summed E-state index contributed by atoms with van der Waals surface area (Å²) in [6, 6.07) is 1.48. The molecule has 94 valence electrons. The van der Waals surface area contributed by atoms with Crippen molar-refractivity contribution in [1.29, 1.82) is 0 Å². The van der Waals surface area contributed by atoms with Gasteiger partial charge in [0.1, 0.15) is 0 Å². The van der Waals surface area contributed by atoms with Crippen molar-refractivity contribution in [2.24, 2.45) is 0 Å². The molecular weight excluding hydrogens is 196 g/mol. The Balaban J connectivity index is 2.02. The van der Waals surface area contributed by atoms with Gasteiger partial charge in [0.25, 0.3) is 0 Å². The van der Waals surface area contributed by atoms with Crippen LogP contribution in [0.5, 0.6) is 0 Å². The molecule has 2 fully saturated rings. The summed E-state index contributed by atoms with van der Waals surface area (Å²) in [4.78, 5) is 2.76. The van der Waals surface area contributed by atoms with Crippen LogP contribution in [-0.4, -0.2) is 35.6 Å². The van der Waals surface area contributed by atoms with E-state index >= 15 is 0 Å². The molecule has 1 unspecified atom stereocenters. The van der Waals surface area contributed by atoms with Crippen molar-refractivity contribution in [1.82, 2.24) is 10.2 Å². The normalized spacial score (nSPS) is 30.4. The van der Waals surface area contributed by atoms with Crippen LogP contribution in [0.25, 0.3) is 0 Å². The number of rotatable bonds is 3. The van der Waals surface area contributed by atoms with Crippen molar-refractivity contribution >= 4 is 0 Å². The summed E-state index contributed by atoms with van der Waals surface area (Å²) < 4.78 is 0. The number of nitrogens with one attached hydrogen (secondary N) is 1. The molecule has 1 saturated carbocycles. The van der Waals surface area contributed by atoms with Crippen LogP contribution in [0.2, 0.25) is 0 Å². The average molecular weight is 224 g/mol. The van der Waals surface area contributed by atoms with Crippen LogP contribution in [0.1, 0.15) is 59.3 Å². The lowest BCUT2D eigenvalue weighted by Gasteiger charge is -2.48.